The standard InChI is InChI=1S/C27H33N5O6S2/c1-3-32(2)14-4-15-37-23-12-11-22-26(29-23)39-27(28-22)30-25(33)24(31-38-19-13-16-36-17-19)18-5-7-20(8-6-18)40(34,35)21-9-10-21/h5-8,11-12,19,21H,3-4,9-10,13-17H2,1-2H3,(H,28,30,33)/b31-24+/t19-/m1/s1. The number of nitrogens with zero attached hydrogens (tertiary/aromatic N) is 4. The van der Waals surface area contributed by atoms with E-state index in [9.17, 15) is 13.2 Å². The number of hydrogen-bond donors (Lipinski definition) is 1. The highest BCUT2D eigenvalue weighted by molar-refractivity contribution is 7.92. The molecule has 0 bridgehead atoms. The number of ether oxygens (including phenoxy) is 2. The van der Waals surface area contributed by atoms with Crippen molar-refractivity contribution < 1.29 is 27.5 Å². The number of sulfone groups is 1. The number of amides is 1. The second-order valence-corrected chi connectivity index (χ2v) is 13.1. The van der Waals surface area contributed by atoms with Crippen molar-refractivity contribution in [1.82, 2.24) is 14.9 Å². The van der Waals surface area contributed by atoms with Crippen LogP contribution in [0.2, 0.25) is 0 Å². The number of rotatable bonds is 13. The number of aromatic nitrogens is 2. The van der Waals surface area contributed by atoms with E-state index in [2.05, 4.69) is 39.3 Å². The molecular weight excluding hydrogens is 554 g/mol. The smallest absolute Gasteiger partial charge is 0.280 e. The minimum absolute atomic E-state index is 0.00977. The first-order chi connectivity index (χ1) is 19.3. The highest BCUT2D eigenvalue weighted by Crippen LogP contribution is 2.33. The fourth-order valence-electron chi connectivity index (χ4n) is 4.08. The maximum absolute atomic E-state index is 13.4. The van der Waals surface area contributed by atoms with Crippen molar-refractivity contribution in [2.24, 2.45) is 5.16 Å². The summed E-state index contributed by atoms with van der Waals surface area (Å²) in [5, 5.41) is 6.97. The first kappa shape index (κ1) is 28.4. The van der Waals surface area contributed by atoms with Crippen LogP contribution in [0.3, 0.4) is 0 Å². The van der Waals surface area contributed by atoms with Crippen molar-refractivity contribution in [2.75, 3.05) is 45.3 Å². The Balaban J connectivity index is 1.30. The summed E-state index contributed by atoms with van der Waals surface area (Å²) in [6, 6.07) is 9.73. The van der Waals surface area contributed by atoms with E-state index in [0.717, 1.165) is 19.5 Å². The number of hydrogen-bond acceptors (Lipinski definition) is 11. The van der Waals surface area contributed by atoms with Crippen LogP contribution in [0.15, 0.2) is 46.4 Å². The van der Waals surface area contributed by atoms with Crippen molar-refractivity contribution in [2.45, 2.75) is 48.9 Å². The van der Waals surface area contributed by atoms with Gasteiger partial charge in [-0.3, -0.25) is 10.1 Å². The monoisotopic (exact) mass is 587 g/mol. The second-order valence-electron chi connectivity index (χ2n) is 9.84. The molecular formula is C27H33N5O6S2. The SMILES string of the molecule is CCN(C)CCCOc1ccc2nc(NC(=O)/C(=N/O[C@@H]3CCOC3)c3ccc(S(=O)(=O)C4CC4)cc3)sc2n1. The predicted molar refractivity (Wildman–Crippen MR) is 153 cm³/mol. The van der Waals surface area contributed by atoms with E-state index in [1.807, 2.05) is 0 Å². The van der Waals surface area contributed by atoms with E-state index in [0.29, 0.717) is 66.0 Å². The highest BCUT2D eigenvalue weighted by atomic mass is 32.2. The van der Waals surface area contributed by atoms with Gasteiger partial charge in [-0.15, -0.1) is 0 Å². The molecule has 2 aliphatic rings. The van der Waals surface area contributed by atoms with Crippen LogP contribution in [-0.4, -0.2) is 86.2 Å². The number of anilines is 1. The van der Waals surface area contributed by atoms with Crippen molar-refractivity contribution in [3.8, 4) is 5.88 Å². The normalized spacial score (nSPS) is 17.9. The van der Waals surface area contributed by atoms with Gasteiger partial charge in [0.1, 0.15) is 10.3 Å². The van der Waals surface area contributed by atoms with Gasteiger partial charge in [-0.25, -0.2) is 18.4 Å². The van der Waals surface area contributed by atoms with E-state index in [4.69, 9.17) is 14.3 Å². The Hall–Kier alpha value is -3.13. The summed E-state index contributed by atoms with van der Waals surface area (Å²) in [5.41, 5.74) is 1.07. The third kappa shape index (κ3) is 6.95. The van der Waals surface area contributed by atoms with Crippen LogP contribution in [-0.2, 0) is 24.2 Å². The van der Waals surface area contributed by atoms with Crippen LogP contribution in [0.4, 0.5) is 5.13 Å². The van der Waals surface area contributed by atoms with Gasteiger partial charge in [0.15, 0.2) is 26.8 Å². The summed E-state index contributed by atoms with van der Waals surface area (Å²) in [4.78, 5) is 31.0. The molecule has 1 atom stereocenters. The molecule has 0 unspecified atom stereocenters. The van der Waals surface area contributed by atoms with Gasteiger partial charge in [0, 0.05) is 24.6 Å². The van der Waals surface area contributed by atoms with Gasteiger partial charge < -0.3 is 19.2 Å². The Morgan fingerprint density at radius 3 is 2.67 bits per heavy atom. The molecule has 3 heterocycles. The van der Waals surface area contributed by atoms with Gasteiger partial charge in [-0.1, -0.05) is 35.5 Å². The van der Waals surface area contributed by atoms with Gasteiger partial charge in [0.2, 0.25) is 5.88 Å². The number of fused-ring (bicyclic) bond motifs is 1. The number of thiazole rings is 1. The van der Waals surface area contributed by atoms with Crippen LogP contribution in [0.1, 0.15) is 38.2 Å². The molecule has 2 aromatic heterocycles. The summed E-state index contributed by atoms with van der Waals surface area (Å²) in [7, 11) is -1.28. The molecule has 11 nitrogen and oxygen atoms in total. The van der Waals surface area contributed by atoms with Crippen LogP contribution < -0.4 is 10.1 Å². The lowest BCUT2D eigenvalue weighted by Gasteiger charge is -2.13. The van der Waals surface area contributed by atoms with Crippen LogP contribution >= 0.6 is 11.3 Å². The fraction of sp³-hybridized carbons (Fsp3) is 0.481. The van der Waals surface area contributed by atoms with E-state index >= 15 is 0 Å². The summed E-state index contributed by atoms with van der Waals surface area (Å²) in [5.74, 6) is -0.0314. The zero-order valence-corrected chi connectivity index (χ0v) is 24.2. The quantitative estimate of drug-likeness (QED) is 0.181. The lowest BCUT2D eigenvalue weighted by atomic mass is 10.1. The molecule has 1 aromatic carbocycles. The van der Waals surface area contributed by atoms with Gasteiger partial charge in [0.25, 0.3) is 5.91 Å². The first-order valence-electron chi connectivity index (χ1n) is 13.4. The minimum Gasteiger partial charge on any atom is -0.478 e. The fourth-order valence-corrected chi connectivity index (χ4v) is 6.56. The number of carbonyl (C=O) groups excluding carboxylic acids is 1. The maximum atomic E-state index is 13.4. The second kappa shape index (κ2) is 12.6. The number of nitrogens with one attached hydrogen (secondary N) is 1. The molecule has 1 amide bonds. The van der Waals surface area contributed by atoms with Gasteiger partial charge in [-0.2, -0.15) is 0 Å². The molecule has 1 N–H and O–H groups in total. The Morgan fingerprint density at radius 1 is 1.18 bits per heavy atom. The van der Waals surface area contributed by atoms with E-state index in [1.54, 1.807) is 24.3 Å². The number of oxime groups is 1. The third-order valence-corrected chi connectivity index (χ3v) is 9.90. The Labute approximate surface area is 237 Å². The Kier molecular flexibility index (Phi) is 8.94. The average molecular weight is 588 g/mol. The van der Waals surface area contributed by atoms with E-state index in [1.165, 1.54) is 23.5 Å². The lowest BCUT2D eigenvalue weighted by molar-refractivity contribution is -0.110. The van der Waals surface area contributed by atoms with Crippen molar-refractivity contribution in [3.63, 3.8) is 0 Å². The molecule has 13 heteroatoms. The van der Waals surface area contributed by atoms with Crippen LogP contribution in [0.25, 0.3) is 10.3 Å². The molecule has 2 fully saturated rings. The molecule has 3 aromatic rings. The minimum atomic E-state index is -3.35. The Morgan fingerprint density at radius 2 is 1.98 bits per heavy atom. The molecule has 214 valence electrons. The summed E-state index contributed by atoms with van der Waals surface area (Å²) >= 11 is 1.22. The Bertz CT molecular complexity index is 1460. The average Bonchev–Trinajstić information content (AvgIpc) is 3.56. The predicted octanol–water partition coefficient (Wildman–Crippen LogP) is 3.50. The molecule has 1 saturated heterocycles. The van der Waals surface area contributed by atoms with E-state index < -0.39 is 15.7 Å². The molecule has 0 spiro atoms. The first-order valence-corrected chi connectivity index (χ1v) is 15.8. The topological polar surface area (TPSA) is 132 Å². The van der Waals surface area contributed by atoms with E-state index in [-0.39, 0.29) is 22.0 Å². The molecule has 40 heavy (non-hydrogen) atoms. The van der Waals surface area contributed by atoms with Crippen LogP contribution in [0.5, 0.6) is 5.88 Å². The number of pyridine rings is 1. The zero-order valence-electron chi connectivity index (χ0n) is 22.5. The summed E-state index contributed by atoms with van der Waals surface area (Å²) in [6.45, 7) is 5.55. The largest absolute Gasteiger partial charge is 0.478 e. The molecule has 1 saturated carbocycles. The third-order valence-electron chi connectivity index (χ3n) is 6.74. The summed E-state index contributed by atoms with van der Waals surface area (Å²) < 4.78 is 36.3. The molecule has 1 aliphatic carbocycles. The maximum Gasteiger partial charge on any atom is 0.280 e. The van der Waals surface area contributed by atoms with Crippen molar-refractivity contribution in [1.29, 1.82) is 0 Å². The van der Waals surface area contributed by atoms with Gasteiger partial charge in [0.05, 0.1) is 30.0 Å². The van der Waals surface area contributed by atoms with Crippen molar-refractivity contribution in [3.05, 3.63) is 42.0 Å². The molecule has 0 radical (unpaired) electrons. The van der Waals surface area contributed by atoms with Crippen molar-refractivity contribution >= 4 is 48.3 Å². The zero-order chi connectivity index (χ0) is 28.1. The number of carbonyl (C=O) groups is 1. The highest BCUT2D eigenvalue weighted by Gasteiger charge is 2.36. The van der Waals surface area contributed by atoms with Gasteiger partial charge in [-0.05, 0) is 51.1 Å². The number of benzene rings is 1. The lowest BCUT2D eigenvalue weighted by Crippen LogP contribution is -2.25. The van der Waals surface area contributed by atoms with Crippen LogP contribution in [0, 0.1) is 0 Å². The summed E-state index contributed by atoms with van der Waals surface area (Å²) in [6.07, 6.45) is 2.65. The van der Waals surface area contributed by atoms with Gasteiger partial charge >= 0.3 is 0 Å². The molecule has 1 aliphatic heterocycles. The molecule has 5 rings (SSSR count).